The largest absolute Gasteiger partial charge is 0.461 e. The lowest BCUT2D eigenvalue weighted by atomic mass is 9.93. The molecular weight excluding hydrogens is 368 g/mol. The van der Waals surface area contributed by atoms with E-state index >= 15 is 0 Å². The molecule has 6 nitrogen and oxygen atoms in total. The van der Waals surface area contributed by atoms with E-state index in [1.807, 2.05) is 13.8 Å². The highest BCUT2D eigenvalue weighted by Crippen LogP contribution is 2.31. The van der Waals surface area contributed by atoms with E-state index < -0.39 is 0 Å². The van der Waals surface area contributed by atoms with Gasteiger partial charge in [-0.3, -0.25) is 0 Å². The Balaban J connectivity index is 1.72. The first-order chi connectivity index (χ1) is 14.1. The van der Waals surface area contributed by atoms with Crippen LogP contribution < -0.4 is 0 Å². The van der Waals surface area contributed by atoms with Gasteiger partial charge in [0.05, 0.1) is 13.2 Å². The normalized spacial score (nSPS) is 14.4. The standard InChI is InChI=1S/C23H26N2O4/c1-3-28-22(26)20-16-11-7-5-9-14(16)18(24-20)13-19-15-10-6-8-12-17(15)21(25-19)23(27)29-4-2/h5-8,24-25H,3-4,9-13H2,1-2H3. The highest BCUT2D eigenvalue weighted by atomic mass is 16.5. The van der Waals surface area contributed by atoms with Gasteiger partial charge >= 0.3 is 11.9 Å². The van der Waals surface area contributed by atoms with Crippen LogP contribution in [0.5, 0.6) is 0 Å². The summed E-state index contributed by atoms with van der Waals surface area (Å²) in [4.78, 5) is 31.5. The SMILES string of the molecule is CCOC(=O)c1[nH]c(Cc2[nH]c(C(=O)OCC)c3c2CC=CC3)c2c1CC=CC2. The monoisotopic (exact) mass is 394 g/mol. The van der Waals surface area contributed by atoms with Gasteiger partial charge < -0.3 is 19.4 Å². The average Bonchev–Trinajstić information content (AvgIpc) is 3.28. The van der Waals surface area contributed by atoms with Crippen LogP contribution in [0.15, 0.2) is 24.3 Å². The van der Waals surface area contributed by atoms with E-state index in [0.29, 0.717) is 31.0 Å². The Labute approximate surface area is 170 Å². The molecule has 152 valence electrons. The van der Waals surface area contributed by atoms with Gasteiger partial charge in [-0.1, -0.05) is 24.3 Å². The van der Waals surface area contributed by atoms with Gasteiger partial charge in [0.15, 0.2) is 0 Å². The van der Waals surface area contributed by atoms with Crippen LogP contribution in [-0.2, 0) is 41.6 Å². The van der Waals surface area contributed by atoms with E-state index in [4.69, 9.17) is 9.47 Å². The summed E-state index contributed by atoms with van der Waals surface area (Å²) in [6.45, 7) is 4.31. The van der Waals surface area contributed by atoms with Crippen LogP contribution >= 0.6 is 0 Å². The third-order valence-electron chi connectivity index (χ3n) is 5.55. The summed E-state index contributed by atoms with van der Waals surface area (Å²) >= 11 is 0. The molecule has 0 aliphatic heterocycles. The number of H-pyrrole nitrogens is 2. The Morgan fingerprint density at radius 3 is 1.48 bits per heavy atom. The summed E-state index contributed by atoms with van der Waals surface area (Å²) in [5, 5.41) is 0. The number of rotatable bonds is 6. The number of aromatic amines is 2. The molecule has 2 aliphatic carbocycles. The van der Waals surface area contributed by atoms with Crippen molar-refractivity contribution in [3.05, 3.63) is 69.3 Å². The van der Waals surface area contributed by atoms with Crippen molar-refractivity contribution in [2.45, 2.75) is 46.0 Å². The number of hydrogen-bond acceptors (Lipinski definition) is 4. The third-order valence-corrected chi connectivity index (χ3v) is 5.55. The Kier molecular flexibility index (Phi) is 5.43. The maximum absolute atomic E-state index is 12.4. The highest BCUT2D eigenvalue weighted by molar-refractivity contribution is 5.91. The van der Waals surface area contributed by atoms with Crippen molar-refractivity contribution in [1.29, 1.82) is 0 Å². The smallest absolute Gasteiger partial charge is 0.355 e. The minimum atomic E-state index is -0.311. The summed E-state index contributed by atoms with van der Waals surface area (Å²) in [5.41, 5.74) is 7.45. The molecule has 0 fully saturated rings. The number of allylic oxidation sites excluding steroid dienone is 4. The third kappa shape index (κ3) is 3.55. The summed E-state index contributed by atoms with van der Waals surface area (Å²) in [5.74, 6) is -0.622. The second kappa shape index (κ2) is 8.15. The minimum Gasteiger partial charge on any atom is -0.461 e. The lowest BCUT2D eigenvalue weighted by Crippen LogP contribution is -2.08. The van der Waals surface area contributed by atoms with Crippen molar-refractivity contribution in [3.8, 4) is 0 Å². The molecule has 2 aromatic rings. The van der Waals surface area contributed by atoms with E-state index in [1.54, 1.807) is 0 Å². The highest BCUT2D eigenvalue weighted by Gasteiger charge is 2.27. The van der Waals surface area contributed by atoms with E-state index in [0.717, 1.165) is 59.3 Å². The van der Waals surface area contributed by atoms with Crippen molar-refractivity contribution < 1.29 is 19.1 Å². The van der Waals surface area contributed by atoms with E-state index in [1.165, 1.54) is 0 Å². The van der Waals surface area contributed by atoms with Gasteiger partial charge in [0.25, 0.3) is 0 Å². The summed E-state index contributed by atoms with van der Waals surface area (Å²) in [6, 6.07) is 0. The fraction of sp³-hybridized carbons (Fsp3) is 0.391. The molecule has 0 unspecified atom stereocenters. The van der Waals surface area contributed by atoms with Crippen molar-refractivity contribution in [2.24, 2.45) is 0 Å². The summed E-state index contributed by atoms with van der Waals surface area (Å²) in [6.07, 6.45) is 12.1. The summed E-state index contributed by atoms with van der Waals surface area (Å²) in [7, 11) is 0. The van der Waals surface area contributed by atoms with Gasteiger partial charge in [-0.05, 0) is 61.8 Å². The number of aromatic nitrogens is 2. The zero-order chi connectivity index (χ0) is 20.4. The predicted octanol–water partition coefficient (Wildman–Crippen LogP) is 3.60. The molecule has 0 aromatic carbocycles. The van der Waals surface area contributed by atoms with Gasteiger partial charge in [0.2, 0.25) is 0 Å². The molecule has 0 amide bonds. The lowest BCUT2D eigenvalue weighted by molar-refractivity contribution is 0.0509. The molecule has 0 radical (unpaired) electrons. The molecule has 2 aliphatic rings. The van der Waals surface area contributed by atoms with Crippen LogP contribution in [0.1, 0.15) is 68.5 Å². The average molecular weight is 394 g/mol. The topological polar surface area (TPSA) is 84.2 Å². The Morgan fingerprint density at radius 1 is 0.724 bits per heavy atom. The second-order valence-corrected chi connectivity index (χ2v) is 7.25. The van der Waals surface area contributed by atoms with Crippen molar-refractivity contribution in [2.75, 3.05) is 13.2 Å². The number of nitrogens with one attached hydrogen (secondary N) is 2. The van der Waals surface area contributed by atoms with Gasteiger partial charge in [0.1, 0.15) is 11.4 Å². The Morgan fingerprint density at radius 2 is 1.10 bits per heavy atom. The van der Waals surface area contributed by atoms with E-state index in [9.17, 15) is 9.59 Å². The number of ether oxygens (including phenoxy) is 2. The first-order valence-corrected chi connectivity index (χ1v) is 10.2. The van der Waals surface area contributed by atoms with Gasteiger partial charge in [-0.25, -0.2) is 9.59 Å². The zero-order valence-corrected chi connectivity index (χ0v) is 16.9. The second-order valence-electron chi connectivity index (χ2n) is 7.25. The number of carbonyl (C=O) groups excluding carboxylic acids is 2. The van der Waals surface area contributed by atoms with Crippen LogP contribution in [-0.4, -0.2) is 35.1 Å². The van der Waals surface area contributed by atoms with Crippen LogP contribution in [0.25, 0.3) is 0 Å². The van der Waals surface area contributed by atoms with Crippen molar-refractivity contribution in [3.63, 3.8) is 0 Å². The molecule has 0 atom stereocenters. The molecule has 2 N–H and O–H groups in total. The molecule has 0 saturated carbocycles. The fourth-order valence-corrected chi connectivity index (χ4v) is 4.25. The molecule has 2 aromatic heterocycles. The van der Waals surface area contributed by atoms with E-state index in [2.05, 4.69) is 34.3 Å². The van der Waals surface area contributed by atoms with Crippen LogP contribution in [0, 0.1) is 0 Å². The summed E-state index contributed by atoms with van der Waals surface area (Å²) < 4.78 is 10.5. The van der Waals surface area contributed by atoms with Crippen LogP contribution in [0.3, 0.4) is 0 Å². The molecule has 0 saturated heterocycles. The molecule has 2 heterocycles. The Bertz CT molecular complexity index is 926. The predicted molar refractivity (Wildman–Crippen MR) is 109 cm³/mol. The van der Waals surface area contributed by atoms with Crippen molar-refractivity contribution >= 4 is 11.9 Å². The maximum atomic E-state index is 12.4. The van der Waals surface area contributed by atoms with E-state index in [-0.39, 0.29) is 11.9 Å². The number of hydrogen-bond donors (Lipinski definition) is 2. The molecule has 0 spiro atoms. The quantitative estimate of drug-likeness (QED) is 0.579. The van der Waals surface area contributed by atoms with Crippen molar-refractivity contribution in [1.82, 2.24) is 9.97 Å². The Hall–Kier alpha value is -3.02. The molecule has 29 heavy (non-hydrogen) atoms. The van der Waals surface area contributed by atoms with Gasteiger partial charge in [0, 0.05) is 17.8 Å². The molecule has 6 heteroatoms. The van der Waals surface area contributed by atoms with Crippen LogP contribution in [0.2, 0.25) is 0 Å². The number of fused-ring (bicyclic) bond motifs is 2. The number of carbonyl (C=O) groups is 2. The zero-order valence-electron chi connectivity index (χ0n) is 16.9. The van der Waals surface area contributed by atoms with Crippen LogP contribution in [0.4, 0.5) is 0 Å². The first-order valence-electron chi connectivity index (χ1n) is 10.2. The fourth-order valence-electron chi connectivity index (χ4n) is 4.25. The van der Waals surface area contributed by atoms with Gasteiger partial charge in [-0.15, -0.1) is 0 Å². The number of esters is 2. The maximum Gasteiger partial charge on any atom is 0.355 e. The first kappa shape index (κ1) is 19.3. The minimum absolute atomic E-state index is 0.311. The lowest BCUT2D eigenvalue weighted by Gasteiger charge is -2.11. The van der Waals surface area contributed by atoms with Gasteiger partial charge in [-0.2, -0.15) is 0 Å². The molecule has 0 bridgehead atoms. The molecular formula is C23H26N2O4. The molecule has 4 rings (SSSR count).